The second-order valence-electron chi connectivity index (χ2n) is 7.35. The Kier molecular flexibility index (Phi) is 6.59. The number of fused-ring (bicyclic) bond motifs is 1. The van der Waals surface area contributed by atoms with E-state index in [-0.39, 0.29) is 32.4 Å². The van der Waals surface area contributed by atoms with Crippen LogP contribution in [-0.4, -0.2) is 33.4 Å². The van der Waals surface area contributed by atoms with Crippen LogP contribution in [0.25, 0.3) is 0 Å². The zero-order chi connectivity index (χ0) is 25.3. The first kappa shape index (κ1) is 24.0. The van der Waals surface area contributed by atoms with E-state index >= 15 is 0 Å². The molecule has 1 amide bonds. The van der Waals surface area contributed by atoms with E-state index in [1.54, 1.807) is 12.1 Å². The van der Waals surface area contributed by atoms with Crippen molar-refractivity contribution in [2.75, 3.05) is 5.32 Å². The average molecular weight is 514 g/mol. The summed E-state index contributed by atoms with van der Waals surface area (Å²) in [5.41, 5.74) is -0.170. The van der Waals surface area contributed by atoms with Gasteiger partial charge < -0.3 is 10.1 Å². The lowest BCUT2D eigenvalue weighted by Crippen LogP contribution is -2.38. The fraction of sp³-hybridized carbons (Fsp3) is 0.0870. The molecule has 35 heavy (non-hydrogen) atoms. The van der Waals surface area contributed by atoms with Gasteiger partial charge in [-0.2, -0.15) is 0 Å². The van der Waals surface area contributed by atoms with Crippen LogP contribution in [-0.2, 0) is 14.3 Å². The molecule has 3 aromatic rings. The van der Waals surface area contributed by atoms with Gasteiger partial charge in [0.05, 0.1) is 26.2 Å². The molecule has 1 N–H and O–H groups in total. The number of halogens is 2. The standard InChI is InChI=1S/C23H13Cl2N3O7/c24-15-9-12(28(33)34)10-16(25)18(15)27-22(31)20(30)17(19(29)11-5-7-26-8-6-11)21-13-3-1-2-4-14(13)23(32)35-21/h1-10,17,21H,(H,27,31)/t17-,21+/m1/s1. The smallest absolute Gasteiger partial charge is 0.339 e. The first-order valence-corrected chi connectivity index (χ1v) is 10.7. The fourth-order valence-corrected chi connectivity index (χ4v) is 4.18. The molecule has 0 saturated heterocycles. The number of ketones is 2. The number of Topliss-reactive ketones (excluding diaryl/α,β-unsaturated/α-hetero) is 2. The summed E-state index contributed by atoms with van der Waals surface area (Å²) in [4.78, 5) is 66.1. The minimum absolute atomic E-state index is 0.0676. The molecule has 1 aromatic heterocycles. The molecule has 0 bridgehead atoms. The number of anilines is 1. The number of nitrogens with zero attached hydrogens (tertiary/aromatic N) is 2. The number of nitrogens with one attached hydrogen (secondary N) is 1. The van der Waals surface area contributed by atoms with Gasteiger partial charge in [-0.25, -0.2) is 4.79 Å². The molecule has 0 fully saturated rings. The minimum Gasteiger partial charge on any atom is -0.453 e. The molecular weight excluding hydrogens is 501 g/mol. The number of hydrogen-bond acceptors (Lipinski definition) is 8. The molecule has 0 saturated carbocycles. The lowest BCUT2D eigenvalue weighted by molar-refractivity contribution is -0.384. The summed E-state index contributed by atoms with van der Waals surface area (Å²) in [6, 6.07) is 10.8. The van der Waals surface area contributed by atoms with Gasteiger partial charge in [0.2, 0.25) is 5.78 Å². The van der Waals surface area contributed by atoms with Crippen LogP contribution in [0.1, 0.15) is 32.4 Å². The third kappa shape index (κ3) is 4.61. The highest BCUT2D eigenvalue weighted by atomic mass is 35.5. The van der Waals surface area contributed by atoms with Crippen molar-refractivity contribution in [2.45, 2.75) is 6.10 Å². The maximum absolute atomic E-state index is 13.4. The molecule has 2 atom stereocenters. The maximum Gasteiger partial charge on any atom is 0.339 e. The Balaban J connectivity index is 1.71. The SMILES string of the molecule is O=C(Nc1c(Cl)cc([N+](=O)[O-])cc1Cl)C(=O)[C@@H](C(=O)c1ccncc1)[C@H]1OC(=O)c2ccccc21. The van der Waals surface area contributed by atoms with Gasteiger partial charge in [-0.15, -0.1) is 0 Å². The molecule has 0 aliphatic carbocycles. The molecule has 4 rings (SSSR count). The number of pyridine rings is 1. The van der Waals surface area contributed by atoms with E-state index in [0.717, 1.165) is 12.1 Å². The van der Waals surface area contributed by atoms with Crippen LogP contribution in [0, 0.1) is 16.0 Å². The predicted octanol–water partition coefficient (Wildman–Crippen LogP) is 4.22. The number of amides is 1. The zero-order valence-corrected chi connectivity index (χ0v) is 18.9. The summed E-state index contributed by atoms with van der Waals surface area (Å²) in [6.45, 7) is 0. The van der Waals surface area contributed by atoms with E-state index in [1.807, 2.05) is 0 Å². The molecular formula is C23H13Cl2N3O7. The first-order valence-electron chi connectivity index (χ1n) is 9.91. The molecule has 1 aliphatic heterocycles. The van der Waals surface area contributed by atoms with E-state index < -0.39 is 46.1 Å². The number of non-ortho nitro benzene ring substituents is 1. The van der Waals surface area contributed by atoms with Crippen LogP contribution in [0.5, 0.6) is 0 Å². The zero-order valence-electron chi connectivity index (χ0n) is 17.4. The number of cyclic esters (lactones) is 1. The Bertz CT molecular complexity index is 1370. The fourth-order valence-electron chi connectivity index (χ4n) is 3.61. The Morgan fingerprint density at radius 2 is 1.69 bits per heavy atom. The van der Waals surface area contributed by atoms with Crippen molar-refractivity contribution in [1.82, 2.24) is 4.98 Å². The van der Waals surface area contributed by atoms with E-state index in [1.165, 1.54) is 36.7 Å². The van der Waals surface area contributed by atoms with Crippen molar-refractivity contribution >= 4 is 58.0 Å². The number of carbonyl (C=O) groups excluding carboxylic acids is 4. The van der Waals surface area contributed by atoms with Gasteiger partial charge in [-0.05, 0) is 18.2 Å². The van der Waals surface area contributed by atoms with Gasteiger partial charge in [-0.1, -0.05) is 41.4 Å². The number of benzene rings is 2. The second-order valence-corrected chi connectivity index (χ2v) is 8.17. The van der Waals surface area contributed by atoms with E-state index in [2.05, 4.69) is 10.3 Å². The van der Waals surface area contributed by atoms with Crippen LogP contribution in [0.15, 0.2) is 60.9 Å². The molecule has 0 radical (unpaired) electrons. The number of nitro groups is 1. The van der Waals surface area contributed by atoms with Gasteiger partial charge >= 0.3 is 5.97 Å². The number of ether oxygens (including phenoxy) is 1. The summed E-state index contributed by atoms with van der Waals surface area (Å²) in [7, 11) is 0. The summed E-state index contributed by atoms with van der Waals surface area (Å²) in [5.74, 6) is -5.77. The first-order chi connectivity index (χ1) is 16.7. The van der Waals surface area contributed by atoms with Crippen LogP contribution in [0.3, 0.4) is 0 Å². The van der Waals surface area contributed by atoms with E-state index in [4.69, 9.17) is 27.9 Å². The third-order valence-corrected chi connectivity index (χ3v) is 5.85. The molecule has 2 aromatic carbocycles. The quantitative estimate of drug-likeness (QED) is 0.123. The summed E-state index contributed by atoms with van der Waals surface area (Å²) < 4.78 is 5.34. The minimum atomic E-state index is -1.74. The maximum atomic E-state index is 13.4. The molecule has 176 valence electrons. The summed E-state index contributed by atoms with van der Waals surface area (Å²) in [6.07, 6.45) is 1.31. The van der Waals surface area contributed by atoms with Crippen LogP contribution in [0.2, 0.25) is 10.0 Å². The second kappa shape index (κ2) is 9.61. The van der Waals surface area contributed by atoms with Gasteiger partial charge in [0.25, 0.3) is 11.6 Å². The largest absolute Gasteiger partial charge is 0.453 e. The van der Waals surface area contributed by atoms with Crippen molar-refractivity contribution in [3.05, 3.63) is 97.8 Å². The Morgan fingerprint density at radius 3 is 2.31 bits per heavy atom. The van der Waals surface area contributed by atoms with Crippen molar-refractivity contribution in [1.29, 1.82) is 0 Å². The summed E-state index contributed by atoms with van der Waals surface area (Å²) >= 11 is 12.0. The number of hydrogen-bond donors (Lipinski definition) is 1. The topological polar surface area (TPSA) is 146 Å². The monoisotopic (exact) mass is 513 g/mol. The Labute approximate surface area is 207 Å². The number of rotatable bonds is 7. The molecule has 0 unspecified atom stereocenters. The number of aromatic nitrogens is 1. The number of nitro benzene ring substituents is 1. The highest BCUT2D eigenvalue weighted by Gasteiger charge is 2.46. The van der Waals surface area contributed by atoms with Gasteiger partial charge in [0.15, 0.2) is 5.78 Å². The van der Waals surface area contributed by atoms with Crippen LogP contribution >= 0.6 is 23.2 Å². The normalized spacial score (nSPS) is 15.0. The molecule has 0 spiro atoms. The van der Waals surface area contributed by atoms with Gasteiger partial charge in [0, 0.05) is 35.7 Å². The van der Waals surface area contributed by atoms with Crippen molar-refractivity contribution in [2.24, 2.45) is 5.92 Å². The lowest BCUT2D eigenvalue weighted by Gasteiger charge is -2.21. The Morgan fingerprint density at radius 1 is 1.06 bits per heavy atom. The van der Waals surface area contributed by atoms with E-state index in [9.17, 15) is 29.3 Å². The van der Waals surface area contributed by atoms with Crippen molar-refractivity contribution < 1.29 is 28.8 Å². The lowest BCUT2D eigenvalue weighted by atomic mass is 9.85. The average Bonchev–Trinajstić information content (AvgIpc) is 3.17. The third-order valence-electron chi connectivity index (χ3n) is 5.25. The van der Waals surface area contributed by atoms with Gasteiger partial charge in [0.1, 0.15) is 12.0 Å². The summed E-state index contributed by atoms with van der Waals surface area (Å²) in [5, 5.41) is 12.6. The van der Waals surface area contributed by atoms with E-state index in [0.29, 0.717) is 0 Å². The van der Waals surface area contributed by atoms with Crippen molar-refractivity contribution in [3.63, 3.8) is 0 Å². The van der Waals surface area contributed by atoms with Crippen molar-refractivity contribution in [3.8, 4) is 0 Å². The molecule has 10 nitrogen and oxygen atoms in total. The molecule has 2 heterocycles. The van der Waals surface area contributed by atoms with Crippen LogP contribution < -0.4 is 5.32 Å². The molecule has 12 heteroatoms. The number of carbonyl (C=O) groups is 4. The highest BCUT2D eigenvalue weighted by molar-refractivity contribution is 6.48. The predicted molar refractivity (Wildman–Crippen MR) is 123 cm³/mol. The Hall–Kier alpha value is -4.15. The molecule has 1 aliphatic rings. The van der Waals surface area contributed by atoms with Crippen LogP contribution in [0.4, 0.5) is 11.4 Å². The van der Waals surface area contributed by atoms with Gasteiger partial charge in [-0.3, -0.25) is 29.5 Å². The highest BCUT2D eigenvalue weighted by Crippen LogP contribution is 2.39. The number of esters is 1.